The Bertz CT molecular complexity index is 904. The molecule has 0 spiro atoms. The summed E-state index contributed by atoms with van der Waals surface area (Å²) in [5.74, 6) is -2.31. The van der Waals surface area contributed by atoms with Gasteiger partial charge in [0.1, 0.15) is 0 Å². The number of hydrogen-bond donors (Lipinski definition) is 2. The fourth-order valence-corrected chi connectivity index (χ4v) is 3.01. The number of fused-ring (bicyclic) bond motifs is 3. The number of carbonyl (C=O) groups is 2. The summed E-state index contributed by atoms with van der Waals surface area (Å²) in [5.41, 5.74) is 5.65. The third-order valence-corrected chi connectivity index (χ3v) is 4.13. The van der Waals surface area contributed by atoms with E-state index in [-0.39, 0.29) is 11.1 Å². The maximum atomic E-state index is 11.5. The lowest BCUT2D eigenvalue weighted by Gasteiger charge is -2.05. The highest BCUT2D eigenvalue weighted by molar-refractivity contribution is 5.99. The summed E-state index contributed by atoms with van der Waals surface area (Å²) in [7, 11) is 0. The maximum Gasteiger partial charge on any atom is 0.335 e. The summed E-state index contributed by atoms with van der Waals surface area (Å²) in [4.78, 5) is 22.2. The van der Waals surface area contributed by atoms with E-state index in [0.717, 1.165) is 29.2 Å². The van der Waals surface area contributed by atoms with E-state index in [9.17, 15) is 14.7 Å². The van der Waals surface area contributed by atoms with Crippen LogP contribution in [0.1, 0.15) is 23.6 Å². The zero-order valence-electron chi connectivity index (χ0n) is 13.1. The van der Waals surface area contributed by atoms with E-state index in [4.69, 9.17) is 5.11 Å². The molecule has 24 heavy (non-hydrogen) atoms. The summed E-state index contributed by atoms with van der Waals surface area (Å²) in [6.07, 6.45) is 3.29. The predicted octanol–water partition coefficient (Wildman–Crippen LogP) is 3.76. The Balaban J connectivity index is 2.05. The molecule has 0 aromatic heterocycles. The molecule has 0 bridgehead atoms. The van der Waals surface area contributed by atoms with Crippen LogP contribution in [0, 0.1) is 0 Å². The second-order valence-electron chi connectivity index (χ2n) is 5.78. The summed E-state index contributed by atoms with van der Waals surface area (Å²) in [5, 5.41) is 18.2. The van der Waals surface area contributed by atoms with Crippen LogP contribution >= 0.6 is 0 Å². The van der Waals surface area contributed by atoms with Crippen molar-refractivity contribution in [3.63, 3.8) is 0 Å². The molecule has 1 aliphatic carbocycles. The first-order valence-corrected chi connectivity index (χ1v) is 7.53. The van der Waals surface area contributed by atoms with Crippen molar-refractivity contribution in [2.24, 2.45) is 0 Å². The van der Waals surface area contributed by atoms with Gasteiger partial charge in [0.15, 0.2) is 0 Å². The average molecular weight is 320 g/mol. The molecule has 0 fully saturated rings. The molecule has 0 unspecified atom stereocenters. The second-order valence-corrected chi connectivity index (χ2v) is 5.78. The van der Waals surface area contributed by atoms with Crippen LogP contribution in [0.15, 0.2) is 59.7 Å². The van der Waals surface area contributed by atoms with E-state index in [2.05, 4.69) is 12.1 Å². The molecule has 2 aromatic carbocycles. The van der Waals surface area contributed by atoms with E-state index in [1.165, 1.54) is 24.1 Å². The van der Waals surface area contributed by atoms with Gasteiger partial charge in [0.25, 0.3) is 0 Å². The second kappa shape index (κ2) is 6.16. The highest BCUT2D eigenvalue weighted by Crippen LogP contribution is 2.37. The minimum Gasteiger partial charge on any atom is -0.478 e. The molecule has 0 radical (unpaired) electrons. The van der Waals surface area contributed by atoms with Crippen LogP contribution in [0.2, 0.25) is 0 Å². The first kappa shape index (κ1) is 15.7. The molecule has 0 heterocycles. The lowest BCUT2D eigenvalue weighted by Crippen LogP contribution is -2.03. The van der Waals surface area contributed by atoms with Crippen LogP contribution in [-0.4, -0.2) is 22.2 Å². The van der Waals surface area contributed by atoms with E-state index < -0.39 is 11.9 Å². The van der Waals surface area contributed by atoms with E-state index in [1.54, 1.807) is 0 Å². The Labute approximate surface area is 139 Å². The number of carboxylic acids is 2. The van der Waals surface area contributed by atoms with Crippen molar-refractivity contribution in [1.82, 2.24) is 0 Å². The molecule has 2 N–H and O–H groups in total. The molecule has 120 valence electrons. The molecule has 4 nitrogen and oxygen atoms in total. The Hall–Kier alpha value is -3.14. The van der Waals surface area contributed by atoms with E-state index in [0.29, 0.717) is 0 Å². The third kappa shape index (κ3) is 2.99. The minimum atomic E-state index is -1.16. The van der Waals surface area contributed by atoms with Crippen LogP contribution in [0.3, 0.4) is 0 Å². The van der Waals surface area contributed by atoms with Gasteiger partial charge in [0.2, 0.25) is 0 Å². The van der Waals surface area contributed by atoms with Gasteiger partial charge >= 0.3 is 11.9 Å². The molecule has 0 saturated heterocycles. The van der Waals surface area contributed by atoms with Crippen molar-refractivity contribution in [3.05, 3.63) is 76.4 Å². The van der Waals surface area contributed by atoms with E-state index in [1.807, 2.05) is 30.3 Å². The molecule has 0 saturated carbocycles. The zero-order chi connectivity index (χ0) is 17.3. The topological polar surface area (TPSA) is 74.6 Å². The highest BCUT2D eigenvalue weighted by Gasteiger charge is 2.18. The Morgan fingerprint density at radius 3 is 2.42 bits per heavy atom. The molecule has 0 atom stereocenters. The standard InChI is InChI=1S/C20H16O4/c1-12(8-19(21)22)17(20(23)24)9-13-6-7-15-11-14-4-2-3-5-16(14)18(15)10-13/h2-10H,11H2,1H3,(H,21,22)(H,23,24)/b12-8-,17-9-. The first-order valence-electron chi connectivity index (χ1n) is 7.53. The number of hydrogen-bond acceptors (Lipinski definition) is 2. The van der Waals surface area contributed by atoms with Crippen LogP contribution < -0.4 is 0 Å². The molecule has 3 rings (SSSR count). The molecule has 4 heteroatoms. The highest BCUT2D eigenvalue weighted by atomic mass is 16.4. The summed E-state index contributed by atoms with van der Waals surface area (Å²) >= 11 is 0. The summed E-state index contributed by atoms with van der Waals surface area (Å²) in [6.45, 7) is 1.48. The largest absolute Gasteiger partial charge is 0.478 e. The van der Waals surface area contributed by atoms with Crippen LogP contribution in [-0.2, 0) is 16.0 Å². The van der Waals surface area contributed by atoms with Gasteiger partial charge in [0.05, 0.1) is 5.57 Å². The SMILES string of the molecule is CC(=C/C(=O)O)/C(=C/c1ccc2c(c1)-c1ccccc1C2)C(=O)O. The smallest absolute Gasteiger partial charge is 0.335 e. The molecule has 0 amide bonds. The third-order valence-electron chi connectivity index (χ3n) is 4.13. The van der Waals surface area contributed by atoms with Crippen molar-refractivity contribution >= 4 is 18.0 Å². The molecule has 1 aliphatic rings. The molecular weight excluding hydrogens is 304 g/mol. The minimum absolute atomic E-state index is 0.0244. The molecule has 2 aromatic rings. The summed E-state index contributed by atoms with van der Waals surface area (Å²) < 4.78 is 0. The van der Waals surface area contributed by atoms with Crippen molar-refractivity contribution in [2.45, 2.75) is 13.3 Å². The number of rotatable bonds is 4. The normalized spacial score (nSPS) is 13.4. The quantitative estimate of drug-likeness (QED) is 0.567. The number of carboxylic acid groups (broad SMARTS) is 2. The van der Waals surface area contributed by atoms with Gasteiger partial charge in [-0.1, -0.05) is 36.4 Å². The van der Waals surface area contributed by atoms with Crippen molar-refractivity contribution in [1.29, 1.82) is 0 Å². The van der Waals surface area contributed by atoms with Gasteiger partial charge in [-0.15, -0.1) is 0 Å². The van der Waals surface area contributed by atoms with Crippen LogP contribution in [0.4, 0.5) is 0 Å². The fourth-order valence-electron chi connectivity index (χ4n) is 3.01. The lowest BCUT2D eigenvalue weighted by atomic mass is 9.99. The monoisotopic (exact) mass is 320 g/mol. The number of benzene rings is 2. The first-order chi connectivity index (χ1) is 11.5. The van der Waals surface area contributed by atoms with Gasteiger partial charge in [-0.05, 0) is 58.9 Å². The zero-order valence-corrected chi connectivity index (χ0v) is 13.1. The van der Waals surface area contributed by atoms with Crippen LogP contribution in [0.25, 0.3) is 17.2 Å². The summed E-state index contributed by atoms with van der Waals surface area (Å²) in [6, 6.07) is 14.0. The van der Waals surface area contributed by atoms with Crippen LogP contribution in [0.5, 0.6) is 0 Å². The number of aliphatic carboxylic acids is 2. The average Bonchev–Trinajstić information content (AvgIpc) is 2.89. The lowest BCUT2D eigenvalue weighted by molar-refractivity contribution is -0.132. The Morgan fingerprint density at radius 1 is 1.00 bits per heavy atom. The predicted molar refractivity (Wildman–Crippen MR) is 91.7 cm³/mol. The fraction of sp³-hybridized carbons (Fsp3) is 0.100. The van der Waals surface area contributed by atoms with Gasteiger partial charge in [0, 0.05) is 6.08 Å². The van der Waals surface area contributed by atoms with Gasteiger partial charge in [-0.25, -0.2) is 9.59 Å². The molecule has 0 aliphatic heterocycles. The van der Waals surface area contributed by atoms with E-state index >= 15 is 0 Å². The maximum absolute atomic E-state index is 11.5. The molecular formula is C20H16O4. The van der Waals surface area contributed by atoms with Gasteiger partial charge < -0.3 is 10.2 Å². The van der Waals surface area contributed by atoms with Gasteiger partial charge in [-0.3, -0.25) is 0 Å². The Kier molecular flexibility index (Phi) is 4.04. The van der Waals surface area contributed by atoms with Gasteiger partial charge in [-0.2, -0.15) is 0 Å². The van der Waals surface area contributed by atoms with Crippen molar-refractivity contribution in [3.8, 4) is 11.1 Å². The van der Waals surface area contributed by atoms with Crippen molar-refractivity contribution in [2.75, 3.05) is 0 Å². The van der Waals surface area contributed by atoms with Crippen molar-refractivity contribution < 1.29 is 19.8 Å². The Morgan fingerprint density at radius 2 is 1.71 bits per heavy atom.